The molecule has 0 aromatic carbocycles. The summed E-state index contributed by atoms with van der Waals surface area (Å²) in [6.07, 6.45) is 4.87. The zero-order chi connectivity index (χ0) is 13.0. The second-order valence-electron chi connectivity index (χ2n) is 4.70. The minimum absolute atomic E-state index is 0.258. The van der Waals surface area contributed by atoms with Crippen LogP contribution in [0.3, 0.4) is 0 Å². The predicted octanol–water partition coefficient (Wildman–Crippen LogP) is 1.61. The Labute approximate surface area is 112 Å². The van der Waals surface area contributed by atoms with E-state index in [1.165, 1.54) is 0 Å². The molecule has 0 atom stereocenters. The summed E-state index contributed by atoms with van der Waals surface area (Å²) >= 11 is 1.84. The summed E-state index contributed by atoms with van der Waals surface area (Å²) in [6, 6.07) is 0. The lowest BCUT2D eigenvalue weighted by Gasteiger charge is -2.25. The third kappa shape index (κ3) is 2.85. The van der Waals surface area contributed by atoms with Gasteiger partial charge in [0.15, 0.2) is 5.17 Å². The summed E-state index contributed by atoms with van der Waals surface area (Å²) in [6.45, 7) is 5.24. The molecule has 1 aromatic heterocycles. The maximum atomic E-state index is 4.62. The van der Waals surface area contributed by atoms with E-state index in [2.05, 4.69) is 34.4 Å². The summed E-state index contributed by atoms with van der Waals surface area (Å²) in [5.41, 5.74) is 0.258. The Morgan fingerprint density at radius 3 is 2.83 bits per heavy atom. The van der Waals surface area contributed by atoms with E-state index in [9.17, 15) is 0 Å². The van der Waals surface area contributed by atoms with E-state index in [-0.39, 0.29) is 5.54 Å². The molecular weight excluding hydrogens is 246 g/mol. The fourth-order valence-corrected chi connectivity index (χ4v) is 3.38. The number of aryl methyl sites for hydroxylation is 1. The number of thioether (sulfide) groups is 1. The van der Waals surface area contributed by atoms with E-state index in [0.29, 0.717) is 0 Å². The molecule has 0 radical (unpaired) electrons. The maximum absolute atomic E-state index is 4.62. The van der Waals surface area contributed by atoms with Crippen molar-refractivity contribution in [2.45, 2.75) is 38.6 Å². The van der Waals surface area contributed by atoms with Crippen LogP contribution >= 0.6 is 11.8 Å². The van der Waals surface area contributed by atoms with Crippen LogP contribution in [-0.2, 0) is 13.5 Å². The quantitative estimate of drug-likeness (QED) is 0.880. The van der Waals surface area contributed by atoms with Crippen LogP contribution in [0.1, 0.15) is 32.5 Å². The summed E-state index contributed by atoms with van der Waals surface area (Å²) < 4.78 is 1.94. The van der Waals surface area contributed by atoms with Crippen molar-refractivity contribution in [3.05, 3.63) is 12.2 Å². The molecule has 1 fully saturated rings. The van der Waals surface area contributed by atoms with Gasteiger partial charge in [-0.1, -0.05) is 25.6 Å². The molecule has 100 valence electrons. The van der Waals surface area contributed by atoms with Gasteiger partial charge < -0.3 is 9.88 Å². The van der Waals surface area contributed by atoms with Crippen LogP contribution in [0.4, 0.5) is 0 Å². The lowest BCUT2D eigenvalue weighted by atomic mass is 9.96. The first-order chi connectivity index (χ1) is 8.69. The molecule has 2 rings (SSSR count). The summed E-state index contributed by atoms with van der Waals surface area (Å²) in [5.74, 6) is 2.11. The first kappa shape index (κ1) is 13.4. The minimum Gasteiger partial charge on any atom is -0.359 e. The van der Waals surface area contributed by atoms with Gasteiger partial charge in [-0.05, 0) is 12.8 Å². The van der Waals surface area contributed by atoms with Crippen LogP contribution in [0, 0.1) is 0 Å². The first-order valence-electron chi connectivity index (χ1n) is 6.47. The van der Waals surface area contributed by atoms with Gasteiger partial charge in [-0.25, -0.2) is 0 Å². The summed E-state index contributed by atoms with van der Waals surface area (Å²) in [5, 5.41) is 12.6. The Balaban J connectivity index is 1.87. The Morgan fingerprint density at radius 1 is 1.50 bits per heavy atom. The van der Waals surface area contributed by atoms with E-state index >= 15 is 0 Å². The van der Waals surface area contributed by atoms with Gasteiger partial charge in [0.2, 0.25) is 0 Å². The maximum Gasteiger partial charge on any atom is 0.157 e. The first-order valence-corrected chi connectivity index (χ1v) is 7.46. The summed E-state index contributed by atoms with van der Waals surface area (Å²) in [4.78, 5) is 4.62. The molecule has 1 aromatic rings. The van der Waals surface area contributed by atoms with Gasteiger partial charge in [0.1, 0.15) is 12.2 Å². The van der Waals surface area contributed by atoms with Crippen LogP contribution < -0.4 is 5.32 Å². The van der Waals surface area contributed by atoms with Crippen molar-refractivity contribution in [3.63, 3.8) is 0 Å². The highest BCUT2D eigenvalue weighted by atomic mass is 32.2. The lowest BCUT2D eigenvalue weighted by Crippen LogP contribution is -2.42. The second-order valence-corrected chi connectivity index (χ2v) is 5.66. The van der Waals surface area contributed by atoms with Crippen molar-refractivity contribution < 1.29 is 0 Å². The molecule has 2 heterocycles. The molecule has 18 heavy (non-hydrogen) atoms. The molecule has 0 spiro atoms. The van der Waals surface area contributed by atoms with Crippen molar-refractivity contribution in [2.24, 2.45) is 12.0 Å². The number of rotatable bonds is 5. The Bertz CT molecular complexity index is 422. The van der Waals surface area contributed by atoms with Crippen LogP contribution in [0.2, 0.25) is 0 Å². The van der Waals surface area contributed by atoms with Gasteiger partial charge in [-0.3, -0.25) is 4.99 Å². The molecule has 1 aliphatic rings. The van der Waals surface area contributed by atoms with Gasteiger partial charge in [-0.2, -0.15) is 0 Å². The number of amidine groups is 1. The average Bonchev–Trinajstić information content (AvgIpc) is 2.98. The molecule has 6 heteroatoms. The average molecular weight is 267 g/mol. The van der Waals surface area contributed by atoms with Gasteiger partial charge in [0, 0.05) is 31.3 Å². The fraction of sp³-hybridized carbons (Fsp3) is 0.750. The van der Waals surface area contributed by atoms with E-state index in [0.717, 1.165) is 42.6 Å². The molecule has 1 saturated heterocycles. The number of aliphatic imine (C=N–C) groups is 1. The van der Waals surface area contributed by atoms with Crippen LogP contribution in [-0.4, -0.2) is 37.8 Å². The minimum atomic E-state index is 0.258. The SMILES string of the molecule is CCC1(CC)CSC(=NCCc2nncn2C)N1. The molecule has 0 amide bonds. The number of hydrogen-bond acceptors (Lipinski definition) is 4. The monoisotopic (exact) mass is 267 g/mol. The van der Waals surface area contributed by atoms with Crippen molar-refractivity contribution in [3.8, 4) is 0 Å². The number of nitrogens with one attached hydrogen (secondary N) is 1. The smallest absolute Gasteiger partial charge is 0.157 e. The van der Waals surface area contributed by atoms with Gasteiger partial charge in [0.25, 0.3) is 0 Å². The molecule has 1 aliphatic heterocycles. The Hall–Kier alpha value is -1.04. The highest BCUT2D eigenvalue weighted by Crippen LogP contribution is 2.28. The second kappa shape index (κ2) is 5.73. The highest BCUT2D eigenvalue weighted by Gasteiger charge is 2.33. The largest absolute Gasteiger partial charge is 0.359 e. The third-order valence-electron chi connectivity index (χ3n) is 3.61. The predicted molar refractivity (Wildman–Crippen MR) is 75.9 cm³/mol. The zero-order valence-electron chi connectivity index (χ0n) is 11.3. The highest BCUT2D eigenvalue weighted by molar-refractivity contribution is 8.14. The van der Waals surface area contributed by atoms with E-state index in [1.54, 1.807) is 6.33 Å². The molecule has 0 aliphatic carbocycles. The molecule has 0 saturated carbocycles. The van der Waals surface area contributed by atoms with Gasteiger partial charge in [-0.15, -0.1) is 10.2 Å². The fourth-order valence-electron chi connectivity index (χ4n) is 2.01. The number of hydrogen-bond donors (Lipinski definition) is 1. The standard InChI is InChI=1S/C12H21N5S/c1-4-12(5-2)8-18-11(15-12)13-7-6-10-16-14-9-17(10)3/h9H,4-8H2,1-3H3,(H,13,15). The Kier molecular flexibility index (Phi) is 4.27. The van der Waals surface area contributed by atoms with Gasteiger partial charge >= 0.3 is 0 Å². The molecular formula is C12H21N5S. The summed E-state index contributed by atoms with van der Waals surface area (Å²) in [7, 11) is 1.96. The number of aromatic nitrogens is 3. The molecule has 1 N–H and O–H groups in total. The van der Waals surface area contributed by atoms with E-state index in [1.807, 2.05) is 23.4 Å². The zero-order valence-corrected chi connectivity index (χ0v) is 12.1. The van der Waals surface area contributed by atoms with Crippen molar-refractivity contribution in [1.82, 2.24) is 20.1 Å². The van der Waals surface area contributed by atoms with Crippen LogP contribution in [0.25, 0.3) is 0 Å². The van der Waals surface area contributed by atoms with E-state index in [4.69, 9.17) is 0 Å². The van der Waals surface area contributed by atoms with Crippen LogP contribution in [0.15, 0.2) is 11.3 Å². The van der Waals surface area contributed by atoms with E-state index < -0.39 is 0 Å². The molecule has 0 bridgehead atoms. The lowest BCUT2D eigenvalue weighted by molar-refractivity contribution is 0.407. The molecule has 5 nitrogen and oxygen atoms in total. The van der Waals surface area contributed by atoms with Crippen molar-refractivity contribution >= 4 is 16.9 Å². The van der Waals surface area contributed by atoms with Gasteiger partial charge in [0.05, 0.1) is 0 Å². The van der Waals surface area contributed by atoms with Crippen molar-refractivity contribution in [2.75, 3.05) is 12.3 Å². The van der Waals surface area contributed by atoms with Crippen LogP contribution in [0.5, 0.6) is 0 Å². The normalized spacial score (nSPS) is 20.3. The molecule has 0 unspecified atom stereocenters. The van der Waals surface area contributed by atoms with Crippen molar-refractivity contribution in [1.29, 1.82) is 0 Å². The topological polar surface area (TPSA) is 55.1 Å². The Morgan fingerprint density at radius 2 is 2.28 bits per heavy atom. The number of nitrogens with zero attached hydrogens (tertiary/aromatic N) is 4. The third-order valence-corrected chi connectivity index (χ3v) is 4.81.